The molecule has 1 heterocycles. The number of carbonyl (C=O) groups is 2. The lowest BCUT2D eigenvalue weighted by Gasteiger charge is -2.09. The number of nitrogens with one attached hydrogen (secondary N) is 1. The molecule has 0 unspecified atom stereocenters. The Kier molecular flexibility index (Phi) is 3.72. The van der Waals surface area contributed by atoms with E-state index in [4.69, 9.17) is 0 Å². The lowest BCUT2D eigenvalue weighted by Crippen LogP contribution is -2.18. The number of nitrogens with zero attached hydrogens (tertiary/aromatic N) is 1. The summed E-state index contributed by atoms with van der Waals surface area (Å²) in [6.45, 7) is 0. The van der Waals surface area contributed by atoms with E-state index < -0.39 is 17.7 Å². The lowest BCUT2D eigenvalue weighted by atomic mass is 10.1. The Morgan fingerprint density at radius 1 is 1.04 bits per heavy atom. The Bertz CT molecular complexity index is 925. The number of amides is 1. The lowest BCUT2D eigenvalue weighted by molar-refractivity contribution is 0.0686. The highest BCUT2D eigenvalue weighted by molar-refractivity contribution is 6.11. The van der Waals surface area contributed by atoms with Crippen LogP contribution in [-0.4, -0.2) is 22.0 Å². The van der Waals surface area contributed by atoms with E-state index in [1.54, 1.807) is 30.3 Å². The number of carbonyl (C=O) groups excluding carboxylic acids is 1. The highest BCUT2D eigenvalue weighted by Gasteiger charge is 2.20. The SMILES string of the molecule is O=C(Nc1ccccc1F)c1cc2ccccc2nc1C(=O)O. The van der Waals surface area contributed by atoms with Gasteiger partial charge >= 0.3 is 5.97 Å². The number of halogens is 1. The van der Waals surface area contributed by atoms with Crippen molar-refractivity contribution in [2.24, 2.45) is 0 Å². The summed E-state index contributed by atoms with van der Waals surface area (Å²) in [7, 11) is 0. The molecule has 3 aromatic rings. The first-order valence-electron chi connectivity index (χ1n) is 6.75. The van der Waals surface area contributed by atoms with E-state index in [0.717, 1.165) is 0 Å². The number of aromatic carboxylic acids is 1. The predicted molar refractivity (Wildman–Crippen MR) is 83.1 cm³/mol. The molecule has 0 aliphatic heterocycles. The van der Waals surface area contributed by atoms with Crippen LogP contribution in [0.2, 0.25) is 0 Å². The van der Waals surface area contributed by atoms with Gasteiger partial charge in [0.15, 0.2) is 5.69 Å². The highest BCUT2D eigenvalue weighted by atomic mass is 19.1. The van der Waals surface area contributed by atoms with Gasteiger partial charge in [0.25, 0.3) is 5.91 Å². The maximum atomic E-state index is 13.6. The average molecular weight is 310 g/mol. The molecule has 0 bridgehead atoms. The van der Waals surface area contributed by atoms with Gasteiger partial charge in [0, 0.05) is 5.39 Å². The summed E-state index contributed by atoms with van der Waals surface area (Å²) < 4.78 is 13.6. The molecular formula is C17H11FN2O3. The second-order valence-corrected chi connectivity index (χ2v) is 4.82. The molecule has 1 amide bonds. The van der Waals surface area contributed by atoms with E-state index >= 15 is 0 Å². The second kappa shape index (κ2) is 5.84. The summed E-state index contributed by atoms with van der Waals surface area (Å²) in [5.74, 6) is -2.66. The number of hydrogen-bond acceptors (Lipinski definition) is 3. The summed E-state index contributed by atoms with van der Waals surface area (Å²) in [5.41, 5.74) is -0.0636. The van der Waals surface area contributed by atoms with Crippen molar-refractivity contribution in [3.63, 3.8) is 0 Å². The van der Waals surface area contributed by atoms with E-state index in [0.29, 0.717) is 10.9 Å². The molecule has 0 saturated carbocycles. The number of carboxylic acids is 1. The predicted octanol–water partition coefficient (Wildman–Crippen LogP) is 3.32. The average Bonchev–Trinajstić information content (AvgIpc) is 2.55. The number of pyridine rings is 1. The van der Waals surface area contributed by atoms with Gasteiger partial charge in [0.1, 0.15) is 5.82 Å². The van der Waals surface area contributed by atoms with Crippen molar-refractivity contribution >= 4 is 28.5 Å². The number of benzene rings is 2. The van der Waals surface area contributed by atoms with E-state index in [2.05, 4.69) is 10.3 Å². The fourth-order valence-corrected chi connectivity index (χ4v) is 2.20. The van der Waals surface area contributed by atoms with Crippen LogP contribution in [-0.2, 0) is 0 Å². The Labute approximate surface area is 130 Å². The molecule has 0 saturated heterocycles. The van der Waals surface area contributed by atoms with Gasteiger partial charge in [-0.2, -0.15) is 0 Å². The molecule has 0 aliphatic carbocycles. The van der Waals surface area contributed by atoms with E-state index in [-0.39, 0.29) is 16.9 Å². The largest absolute Gasteiger partial charge is 0.476 e. The number of aromatic nitrogens is 1. The minimum atomic E-state index is -1.32. The molecular weight excluding hydrogens is 299 g/mol. The van der Waals surface area contributed by atoms with Crippen molar-refractivity contribution < 1.29 is 19.1 Å². The van der Waals surface area contributed by atoms with Crippen LogP contribution >= 0.6 is 0 Å². The van der Waals surface area contributed by atoms with Crippen molar-refractivity contribution in [1.29, 1.82) is 0 Å². The van der Waals surface area contributed by atoms with Crippen LogP contribution in [0.1, 0.15) is 20.8 Å². The van der Waals surface area contributed by atoms with Gasteiger partial charge in [0.2, 0.25) is 0 Å². The number of rotatable bonds is 3. The Morgan fingerprint density at radius 2 is 1.74 bits per heavy atom. The molecule has 6 heteroatoms. The molecule has 23 heavy (non-hydrogen) atoms. The number of hydrogen-bond donors (Lipinski definition) is 2. The van der Waals surface area contributed by atoms with Crippen molar-refractivity contribution in [3.8, 4) is 0 Å². The first-order chi connectivity index (χ1) is 11.1. The molecule has 0 radical (unpaired) electrons. The molecule has 0 atom stereocenters. The number of carboxylic acid groups (broad SMARTS) is 1. The fourth-order valence-electron chi connectivity index (χ4n) is 2.20. The molecule has 2 aromatic carbocycles. The number of anilines is 1. The molecule has 0 spiro atoms. The summed E-state index contributed by atoms with van der Waals surface area (Å²) in [4.78, 5) is 27.7. The van der Waals surface area contributed by atoms with Gasteiger partial charge < -0.3 is 10.4 Å². The van der Waals surface area contributed by atoms with Crippen LogP contribution in [0.25, 0.3) is 10.9 Å². The van der Waals surface area contributed by atoms with Crippen molar-refractivity contribution in [1.82, 2.24) is 4.98 Å². The third-order valence-corrected chi connectivity index (χ3v) is 3.29. The zero-order valence-electron chi connectivity index (χ0n) is 11.8. The van der Waals surface area contributed by atoms with Crippen molar-refractivity contribution in [2.45, 2.75) is 0 Å². The van der Waals surface area contributed by atoms with Gasteiger partial charge in [-0.25, -0.2) is 14.2 Å². The molecule has 0 fully saturated rings. The van der Waals surface area contributed by atoms with Crippen molar-refractivity contribution in [2.75, 3.05) is 5.32 Å². The second-order valence-electron chi connectivity index (χ2n) is 4.82. The monoisotopic (exact) mass is 310 g/mol. The summed E-state index contributed by atoms with van der Waals surface area (Å²) in [5, 5.41) is 12.3. The normalized spacial score (nSPS) is 10.5. The zero-order chi connectivity index (χ0) is 16.4. The van der Waals surface area contributed by atoms with Crippen LogP contribution in [0.4, 0.5) is 10.1 Å². The van der Waals surface area contributed by atoms with E-state index in [1.165, 1.54) is 24.3 Å². The van der Waals surface area contributed by atoms with Crippen molar-refractivity contribution in [3.05, 3.63) is 71.7 Å². The van der Waals surface area contributed by atoms with Crippen LogP contribution in [0, 0.1) is 5.82 Å². The quantitative estimate of drug-likeness (QED) is 0.777. The standard InChI is InChI=1S/C17H11FN2O3/c18-12-6-2-4-8-14(12)20-16(21)11-9-10-5-1-3-7-13(10)19-15(11)17(22)23/h1-9H,(H,20,21)(H,22,23). The van der Waals surface area contributed by atoms with Crippen LogP contribution in [0.5, 0.6) is 0 Å². The van der Waals surface area contributed by atoms with E-state index in [1.807, 2.05) is 0 Å². The number of fused-ring (bicyclic) bond motifs is 1. The van der Waals surface area contributed by atoms with Gasteiger partial charge in [-0.15, -0.1) is 0 Å². The zero-order valence-corrected chi connectivity index (χ0v) is 11.8. The van der Waals surface area contributed by atoms with Gasteiger partial charge in [0.05, 0.1) is 16.8 Å². The molecule has 5 nitrogen and oxygen atoms in total. The maximum Gasteiger partial charge on any atom is 0.355 e. The molecule has 3 rings (SSSR count). The van der Waals surface area contributed by atoms with Gasteiger partial charge in [-0.05, 0) is 24.3 Å². The van der Waals surface area contributed by atoms with Crippen LogP contribution < -0.4 is 5.32 Å². The third-order valence-electron chi connectivity index (χ3n) is 3.29. The van der Waals surface area contributed by atoms with Crippen LogP contribution in [0.3, 0.4) is 0 Å². The van der Waals surface area contributed by atoms with E-state index in [9.17, 15) is 19.1 Å². The first kappa shape index (κ1) is 14.6. The summed E-state index contributed by atoms with van der Waals surface area (Å²) in [6.07, 6.45) is 0. The Balaban J connectivity index is 2.07. The van der Waals surface area contributed by atoms with Gasteiger partial charge in [-0.1, -0.05) is 30.3 Å². The third kappa shape index (κ3) is 2.87. The minimum absolute atomic E-state index is 0.0259. The summed E-state index contributed by atoms with van der Waals surface area (Å²) in [6, 6.07) is 13.9. The minimum Gasteiger partial charge on any atom is -0.476 e. The smallest absolute Gasteiger partial charge is 0.355 e. The van der Waals surface area contributed by atoms with Crippen LogP contribution in [0.15, 0.2) is 54.6 Å². The molecule has 2 N–H and O–H groups in total. The molecule has 114 valence electrons. The maximum absolute atomic E-state index is 13.6. The number of para-hydroxylation sites is 2. The first-order valence-corrected chi connectivity index (χ1v) is 6.75. The topological polar surface area (TPSA) is 79.3 Å². The highest BCUT2D eigenvalue weighted by Crippen LogP contribution is 2.19. The molecule has 1 aromatic heterocycles. The fraction of sp³-hybridized carbons (Fsp3) is 0. The Hall–Kier alpha value is -3.28. The molecule has 0 aliphatic rings. The Morgan fingerprint density at radius 3 is 2.48 bits per heavy atom. The van der Waals surface area contributed by atoms with Gasteiger partial charge in [-0.3, -0.25) is 4.79 Å². The summed E-state index contributed by atoms with van der Waals surface area (Å²) >= 11 is 0.